The van der Waals surface area contributed by atoms with Crippen LogP contribution < -0.4 is 5.32 Å². The number of hydrogen-bond acceptors (Lipinski definition) is 4. The van der Waals surface area contributed by atoms with E-state index >= 15 is 0 Å². The third kappa shape index (κ3) is 8.44. The second-order valence-corrected chi connectivity index (χ2v) is 7.79. The van der Waals surface area contributed by atoms with E-state index in [1.54, 1.807) is 11.0 Å². The second kappa shape index (κ2) is 11.2. The number of nitrogens with zero attached hydrogens (tertiary/aromatic N) is 2. The minimum Gasteiger partial charge on any atom is -0.393 e. The van der Waals surface area contributed by atoms with Gasteiger partial charge in [0.2, 0.25) is 5.91 Å². The van der Waals surface area contributed by atoms with Gasteiger partial charge < -0.3 is 15.3 Å². The number of halogens is 6. The molecule has 0 bridgehead atoms. The molecule has 1 aromatic rings. The van der Waals surface area contributed by atoms with E-state index in [0.29, 0.717) is 44.6 Å². The Kier molecular flexibility index (Phi) is 9.11. The first-order valence-corrected chi connectivity index (χ1v) is 10.2. The number of hydrogen-bond donors (Lipinski definition) is 2. The highest BCUT2D eigenvalue weighted by molar-refractivity contribution is 5.78. The van der Waals surface area contributed by atoms with Crippen LogP contribution in [0.2, 0.25) is 0 Å². The van der Waals surface area contributed by atoms with Crippen molar-refractivity contribution in [2.45, 2.75) is 37.8 Å². The molecule has 1 fully saturated rings. The Morgan fingerprint density at radius 2 is 1.69 bits per heavy atom. The van der Waals surface area contributed by atoms with Gasteiger partial charge in [0.25, 0.3) is 0 Å². The van der Waals surface area contributed by atoms with Crippen LogP contribution in [-0.2, 0) is 23.7 Å². The molecule has 1 heterocycles. The molecule has 11 heteroatoms. The zero-order valence-electron chi connectivity index (χ0n) is 17.5. The molecule has 1 saturated heterocycles. The molecular weight excluding hydrogens is 440 g/mol. The van der Waals surface area contributed by atoms with Gasteiger partial charge in [-0.15, -0.1) is 6.58 Å². The van der Waals surface area contributed by atoms with E-state index in [1.807, 2.05) is 0 Å². The maximum absolute atomic E-state index is 13.0. The molecule has 32 heavy (non-hydrogen) atoms. The number of alkyl halides is 6. The van der Waals surface area contributed by atoms with Crippen molar-refractivity contribution in [3.05, 3.63) is 47.5 Å². The fourth-order valence-electron chi connectivity index (χ4n) is 3.42. The zero-order chi connectivity index (χ0) is 23.9. The average Bonchev–Trinajstić information content (AvgIpc) is 2.70. The molecule has 1 aromatic carbocycles. The standard InChI is InChI=1S/C21H27F6N3O2/c1-2-5-30(9-8-29-6-3-18(31)4-7-29)14-19(32)28-13-15-10-16(20(22,23)24)12-17(11-15)21(25,26)27/h2,10-12,18,31H,1,3-9,13-14H2,(H,28,32). The molecule has 0 unspecified atom stereocenters. The van der Waals surface area contributed by atoms with E-state index in [4.69, 9.17) is 0 Å². The SMILES string of the molecule is C=CCN(CCN1CCC(O)CC1)CC(=O)NCc1cc(C(F)(F)F)cc(C(F)(F)F)c1. The van der Waals surface area contributed by atoms with Crippen molar-refractivity contribution in [3.8, 4) is 0 Å². The highest BCUT2D eigenvalue weighted by Crippen LogP contribution is 2.36. The van der Waals surface area contributed by atoms with Gasteiger partial charge in [0.05, 0.1) is 23.8 Å². The van der Waals surface area contributed by atoms with Crippen LogP contribution in [0.1, 0.15) is 29.5 Å². The molecule has 2 N–H and O–H groups in total. The average molecular weight is 467 g/mol. The van der Waals surface area contributed by atoms with E-state index in [-0.39, 0.29) is 24.3 Å². The first-order chi connectivity index (χ1) is 14.9. The summed E-state index contributed by atoms with van der Waals surface area (Å²) < 4.78 is 77.8. The summed E-state index contributed by atoms with van der Waals surface area (Å²) in [6.07, 6.45) is -7.21. The molecule has 0 spiro atoms. The molecule has 1 amide bonds. The summed E-state index contributed by atoms with van der Waals surface area (Å²) in [5.74, 6) is -0.521. The number of aliphatic hydroxyl groups is 1. The minimum atomic E-state index is -4.94. The number of benzene rings is 1. The highest BCUT2D eigenvalue weighted by atomic mass is 19.4. The van der Waals surface area contributed by atoms with Crippen molar-refractivity contribution in [2.75, 3.05) is 39.3 Å². The maximum atomic E-state index is 13.0. The van der Waals surface area contributed by atoms with Crippen LogP contribution in [0.3, 0.4) is 0 Å². The lowest BCUT2D eigenvalue weighted by Gasteiger charge is -2.31. The lowest BCUT2D eigenvalue weighted by Crippen LogP contribution is -2.43. The van der Waals surface area contributed by atoms with Crippen molar-refractivity contribution in [2.24, 2.45) is 0 Å². The first kappa shape index (κ1) is 26.1. The largest absolute Gasteiger partial charge is 0.416 e. The number of likely N-dealkylation sites (tertiary alicyclic amines) is 1. The predicted octanol–water partition coefficient (Wildman–Crippen LogP) is 3.29. The van der Waals surface area contributed by atoms with E-state index in [1.165, 1.54) is 0 Å². The van der Waals surface area contributed by atoms with Gasteiger partial charge >= 0.3 is 12.4 Å². The highest BCUT2D eigenvalue weighted by Gasteiger charge is 2.36. The van der Waals surface area contributed by atoms with Gasteiger partial charge in [-0.1, -0.05) is 6.08 Å². The Morgan fingerprint density at radius 1 is 1.12 bits per heavy atom. The lowest BCUT2D eigenvalue weighted by atomic mass is 10.0. The summed E-state index contributed by atoms with van der Waals surface area (Å²) >= 11 is 0. The van der Waals surface area contributed by atoms with E-state index in [9.17, 15) is 36.2 Å². The van der Waals surface area contributed by atoms with Crippen molar-refractivity contribution in [1.82, 2.24) is 15.1 Å². The number of nitrogens with one attached hydrogen (secondary N) is 1. The summed E-state index contributed by atoms with van der Waals surface area (Å²) in [7, 11) is 0. The number of carbonyl (C=O) groups excluding carboxylic acids is 1. The fraction of sp³-hybridized carbons (Fsp3) is 0.571. The monoisotopic (exact) mass is 467 g/mol. The quantitative estimate of drug-likeness (QED) is 0.433. The molecule has 0 radical (unpaired) electrons. The first-order valence-electron chi connectivity index (χ1n) is 10.2. The molecule has 1 aliphatic heterocycles. The van der Waals surface area contributed by atoms with E-state index in [2.05, 4.69) is 16.8 Å². The number of amides is 1. The van der Waals surface area contributed by atoms with Gasteiger partial charge in [-0.2, -0.15) is 26.3 Å². The third-order valence-corrected chi connectivity index (χ3v) is 5.18. The number of carbonyl (C=O) groups is 1. The van der Waals surface area contributed by atoms with Crippen LogP contribution in [0.5, 0.6) is 0 Å². The summed E-state index contributed by atoms with van der Waals surface area (Å²) in [4.78, 5) is 16.2. The number of rotatable bonds is 9. The Hall–Kier alpha value is -2.11. The van der Waals surface area contributed by atoms with Crippen molar-refractivity contribution in [3.63, 3.8) is 0 Å². The fourth-order valence-corrected chi connectivity index (χ4v) is 3.42. The van der Waals surface area contributed by atoms with Crippen molar-refractivity contribution >= 4 is 5.91 Å². The zero-order valence-corrected chi connectivity index (χ0v) is 17.5. The van der Waals surface area contributed by atoms with Crippen molar-refractivity contribution < 1.29 is 36.2 Å². The van der Waals surface area contributed by atoms with E-state index in [0.717, 1.165) is 13.1 Å². The molecular formula is C21H27F6N3O2. The Balaban J connectivity index is 1.95. The predicted molar refractivity (Wildman–Crippen MR) is 107 cm³/mol. The Labute approximate surface area is 182 Å². The molecule has 2 rings (SSSR count). The van der Waals surface area contributed by atoms with E-state index < -0.39 is 35.9 Å². The van der Waals surface area contributed by atoms with Crippen LogP contribution in [0.25, 0.3) is 0 Å². The van der Waals surface area contributed by atoms with Gasteiger partial charge in [0.1, 0.15) is 0 Å². The normalized spacial score (nSPS) is 16.4. The van der Waals surface area contributed by atoms with Gasteiger partial charge in [-0.3, -0.25) is 9.69 Å². The van der Waals surface area contributed by atoms with Crippen molar-refractivity contribution in [1.29, 1.82) is 0 Å². The van der Waals surface area contributed by atoms with Crippen LogP contribution in [0.15, 0.2) is 30.9 Å². The minimum absolute atomic E-state index is 0.0523. The Morgan fingerprint density at radius 3 is 2.19 bits per heavy atom. The van der Waals surface area contributed by atoms with Crippen LogP contribution in [0, 0.1) is 0 Å². The summed E-state index contributed by atoms with van der Waals surface area (Å²) in [6.45, 7) is 6.17. The third-order valence-electron chi connectivity index (χ3n) is 5.18. The summed E-state index contributed by atoms with van der Waals surface area (Å²) in [6, 6.07) is 1.25. The van der Waals surface area contributed by atoms with Gasteiger partial charge in [0, 0.05) is 39.3 Å². The molecule has 0 aliphatic carbocycles. The topological polar surface area (TPSA) is 55.8 Å². The molecule has 5 nitrogen and oxygen atoms in total. The summed E-state index contributed by atoms with van der Waals surface area (Å²) in [5, 5.41) is 11.9. The molecule has 0 aromatic heterocycles. The molecule has 0 atom stereocenters. The lowest BCUT2D eigenvalue weighted by molar-refractivity contribution is -0.143. The summed E-state index contributed by atoms with van der Waals surface area (Å²) in [5.41, 5.74) is -3.13. The van der Waals surface area contributed by atoms with Crippen LogP contribution in [0.4, 0.5) is 26.3 Å². The van der Waals surface area contributed by atoms with Crippen LogP contribution >= 0.6 is 0 Å². The maximum Gasteiger partial charge on any atom is 0.416 e. The van der Waals surface area contributed by atoms with Gasteiger partial charge in [-0.05, 0) is 36.6 Å². The Bertz CT molecular complexity index is 742. The number of piperidine rings is 1. The molecule has 0 saturated carbocycles. The molecule has 1 aliphatic rings. The smallest absolute Gasteiger partial charge is 0.393 e. The van der Waals surface area contributed by atoms with Gasteiger partial charge in [0.15, 0.2) is 0 Å². The second-order valence-electron chi connectivity index (χ2n) is 7.79. The number of aliphatic hydroxyl groups excluding tert-OH is 1. The van der Waals surface area contributed by atoms with Gasteiger partial charge in [-0.25, -0.2) is 0 Å². The van der Waals surface area contributed by atoms with Crippen LogP contribution in [-0.4, -0.2) is 66.2 Å². The molecule has 180 valence electrons.